The topological polar surface area (TPSA) is 45.7 Å². The first-order valence-electron chi connectivity index (χ1n) is 9.76. The molecular weight excluding hydrogens is 338 g/mol. The van der Waals surface area contributed by atoms with E-state index in [0.717, 1.165) is 38.0 Å². The summed E-state index contributed by atoms with van der Waals surface area (Å²) in [4.78, 5) is 21.4. The van der Waals surface area contributed by atoms with Gasteiger partial charge in [-0.3, -0.25) is 14.7 Å². The molecule has 1 amide bonds. The molecule has 4 rings (SSSR count). The molecule has 3 heterocycles. The van der Waals surface area contributed by atoms with Crippen molar-refractivity contribution in [2.24, 2.45) is 0 Å². The number of benzene rings is 1. The second-order valence-corrected chi connectivity index (χ2v) is 7.48. The lowest BCUT2D eigenvalue weighted by Crippen LogP contribution is -2.60. The molecule has 0 N–H and O–H groups in total. The van der Waals surface area contributed by atoms with Crippen molar-refractivity contribution in [2.45, 2.75) is 37.5 Å². The zero-order valence-electron chi connectivity index (χ0n) is 15.8. The average molecular weight is 365 g/mol. The molecule has 27 heavy (non-hydrogen) atoms. The predicted molar refractivity (Wildman–Crippen MR) is 104 cm³/mol. The number of aromatic nitrogens is 1. The Bertz CT molecular complexity index is 745. The third-order valence-electron chi connectivity index (χ3n) is 5.91. The molecule has 2 atom stereocenters. The van der Waals surface area contributed by atoms with Crippen LogP contribution < -0.4 is 0 Å². The number of likely N-dealkylation sites (tertiary alicyclic amines) is 2. The van der Waals surface area contributed by atoms with Crippen LogP contribution in [0, 0.1) is 0 Å². The fourth-order valence-corrected chi connectivity index (χ4v) is 4.36. The Morgan fingerprint density at radius 1 is 1.15 bits per heavy atom. The zero-order chi connectivity index (χ0) is 18.6. The summed E-state index contributed by atoms with van der Waals surface area (Å²) in [6.07, 6.45) is 6.53. The van der Waals surface area contributed by atoms with Gasteiger partial charge in [-0.1, -0.05) is 36.4 Å². The highest BCUT2D eigenvalue weighted by atomic mass is 16.5. The molecule has 0 spiro atoms. The van der Waals surface area contributed by atoms with Crippen LogP contribution in [0.3, 0.4) is 0 Å². The monoisotopic (exact) mass is 365 g/mol. The number of pyridine rings is 1. The SMILES string of the molecule is COC1CN(C2CCN(C(=O)Cc3ccccc3)CC2)C1c1cccnc1. The zero-order valence-corrected chi connectivity index (χ0v) is 15.8. The van der Waals surface area contributed by atoms with E-state index < -0.39 is 0 Å². The molecule has 0 bridgehead atoms. The third kappa shape index (κ3) is 3.89. The van der Waals surface area contributed by atoms with Crippen molar-refractivity contribution in [2.75, 3.05) is 26.7 Å². The van der Waals surface area contributed by atoms with E-state index in [-0.39, 0.29) is 18.1 Å². The molecule has 5 nitrogen and oxygen atoms in total. The van der Waals surface area contributed by atoms with Crippen LogP contribution in [-0.2, 0) is 16.0 Å². The van der Waals surface area contributed by atoms with E-state index in [2.05, 4.69) is 16.0 Å². The highest BCUT2D eigenvalue weighted by molar-refractivity contribution is 5.78. The highest BCUT2D eigenvalue weighted by Gasteiger charge is 2.44. The van der Waals surface area contributed by atoms with Gasteiger partial charge in [0.1, 0.15) is 0 Å². The molecule has 0 radical (unpaired) electrons. The molecule has 2 aromatic rings. The number of hydrogen-bond donors (Lipinski definition) is 0. The van der Waals surface area contributed by atoms with Crippen molar-refractivity contribution >= 4 is 5.91 Å². The molecule has 2 fully saturated rings. The predicted octanol–water partition coefficient (Wildman–Crippen LogP) is 2.69. The summed E-state index contributed by atoms with van der Waals surface area (Å²) in [5.41, 5.74) is 2.31. The fraction of sp³-hybridized carbons (Fsp3) is 0.455. The molecule has 2 aliphatic heterocycles. The van der Waals surface area contributed by atoms with Gasteiger partial charge in [0.15, 0.2) is 0 Å². The summed E-state index contributed by atoms with van der Waals surface area (Å²) in [7, 11) is 1.79. The Morgan fingerprint density at radius 3 is 2.59 bits per heavy atom. The number of methoxy groups -OCH3 is 1. The van der Waals surface area contributed by atoms with Crippen LogP contribution in [-0.4, -0.2) is 59.6 Å². The Balaban J connectivity index is 1.34. The molecule has 0 saturated carbocycles. The van der Waals surface area contributed by atoms with Crippen LogP contribution >= 0.6 is 0 Å². The van der Waals surface area contributed by atoms with Gasteiger partial charge < -0.3 is 9.64 Å². The van der Waals surface area contributed by atoms with Gasteiger partial charge in [0, 0.05) is 45.2 Å². The molecule has 1 aromatic carbocycles. The van der Waals surface area contributed by atoms with Crippen molar-refractivity contribution in [1.82, 2.24) is 14.8 Å². The van der Waals surface area contributed by atoms with Gasteiger partial charge in [-0.05, 0) is 30.0 Å². The normalized spacial score (nSPS) is 23.8. The van der Waals surface area contributed by atoms with Crippen molar-refractivity contribution in [1.29, 1.82) is 0 Å². The van der Waals surface area contributed by atoms with Gasteiger partial charge in [-0.25, -0.2) is 0 Å². The minimum absolute atomic E-state index is 0.229. The lowest BCUT2D eigenvalue weighted by atomic mass is 9.87. The number of nitrogens with zero attached hydrogens (tertiary/aromatic N) is 3. The highest BCUT2D eigenvalue weighted by Crippen LogP contribution is 2.39. The minimum Gasteiger partial charge on any atom is -0.378 e. The number of rotatable bonds is 5. The Kier molecular flexibility index (Phi) is 5.50. The van der Waals surface area contributed by atoms with E-state index in [0.29, 0.717) is 12.5 Å². The molecule has 142 valence electrons. The second-order valence-electron chi connectivity index (χ2n) is 7.48. The quantitative estimate of drug-likeness (QED) is 0.817. The van der Waals surface area contributed by atoms with E-state index >= 15 is 0 Å². The largest absolute Gasteiger partial charge is 0.378 e. The standard InChI is InChI=1S/C22H27N3O2/c1-27-20-16-25(22(20)18-8-5-11-23-15-18)19-9-12-24(13-10-19)21(26)14-17-6-3-2-4-7-17/h2-8,11,15,19-20,22H,9-10,12-14,16H2,1H3. The number of hydrogen-bond acceptors (Lipinski definition) is 4. The number of carbonyl (C=O) groups excluding carboxylic acids is 1. The van der Waals surface area contributed by atoms with Crippen LogP contribution in [0.5, 0.6) is 0 Å². The van der Waals surface area contributed by atoms with Gasteiger partial charge in [0.05, 0.1) is 18.6 Å². The smallest absolute Gasteiger partial charge is 0.226 e. The first kappa shape index (κ1) is 18.1. The Labute approximate surface area is 161 Å². The van der Waals surface area contributed by atoms with E-state index in [1.54, 1.807) is 7.11 Å². The number of amides is 1. The molecule has 2 saturated heterocycles. The average Bonchev–Trinajstić information content (AvgIpc) is 2.70. The van der Waals surface area contributed by atoms with E-state index in [4.69, 9.17) is 4.74 Å². The summed E-state index contributed by atoms with van der Waals surface area (Å²) >= 11 is 0. The summed E-state index contributed by atoms with van der Waals surface area (Å²) in [5, 5.41) is 0. The lowest BCUT2D eigenvalue weighted by molar-refractivity contribution is -0.137. The fourth-order valence-electron chi connectivity index (χ4n) is 4.36. The van der Waals surface area contributed by atoms with Crippen molar-refractivity contribution in [3.63, 3.8) is 0 Å². The summed E-state index contributed by atoms with van der Waals surface area (Å²) < 4.78 is 5.67. The van der Waals surface area contributed by atoms with E-state index in [1.165, 1.54) is 5.56 Å². The van der Waals surface area contributed by atoms with Crippen LogP contribution in [0.15, 0.2) is 54.9 Å². The first-order chi connectivity index (χ1) is 13.3. The maximum Gasteiger partial charge on any atom is 0.226 e. The Hall–Kier alpha value is -2.24. The van der Waals surface area contributed by atoms with Gasteiger partial charge in [-0.15, -0.1) is 0 Å². The summed E-state index contributed by atoms with van der Waals surface area (Å²) in [6, 6.07) is 14.9. The molecule has 2 aliphatic rings. The van der Waals surface area contributed by atoms with Crippen LogP contribution in [0.1, 0.15) is 30.0 Å². The summed E-state index contributed by atoms with van der Waals surface area (Å²) in [6.45, 7) is 2.63. The maximum absolute atomic E-state index is 12.6. The third-order valence-corrected chi connectivity index (χ3v) is 5.91. The van der Waals surface area contributed by atoms with Gasteiger partial charge >= 0.3 is 0 Å². The minimum atomic E-state index is 0.229. The van der Waals surface area contributed by atoms with Gasteiger partial charge in [0.2, 0.25) is 5.91 Å². The number of piperidine rings is 1. The Morgan fingerprint density at radius 2 is 1.93 bits per heavy atom. The van der Waals surface area contributed by atoms with Gasteiger partial charge in [0.25, 0.3) is 0 Å². The van der Waals surface area contributed by atoms with E-state index in [9.17, 15) is 4.79 Å². The van der Waals surface area contributed by atoms with Crippen LogP contribution in [0.4, 0.5) is 0 Å². The lowest BCUT2D eigenvalue weighted by Gasteiger charge is -2.53. The van der Waals surface area contributed by atoms with Crippen molar-refractivity contribution < 1.29 is 9.53 Å². The van der Waals surface area contributed by atoms with Crippen LogP contribution in [0.25, 0.3) is 0 Å². The van der Waals surface area contributed by atoms with E-state index in [1.807, 2.05) is 53.7 Å². The van der Waals surface area contributed by atoms with Gasteiger partial charge in [-0.2, -0.15) is 0 Å². The second kappa shape index (κ2) is 8.19. The number of ether oxygens (including phenoxy) is 1. The van der Waals surface area contributed by atoms with Crippen LogP contribution in [0.2, 0.25) is 0 Å². The maximum atomic E-state index is 12.6. The molecular formula is C22H27N3O2. The molecule has 0 aliphatic carbocycles. The molecule has 5 heteroatoms. The van der Waals surface area contributed by atoms with Crippen molar-refractivity contribution in [3.05, 3.63) is 66.0 Å². The van der Waals surface area contributed by atoms with Crippen molar-refractivity contribution in [3.8, 4) is 0 Å². The molecule has 2 unspecified atom stereocenters. The summed E-state index contributed by atoms with van der Waals surface area (Å²) in [5.74, 6) is 0.238. The molecule has 1 aromatic heterocycles. The number of carbonyl (C=O) groups is 1. The first-order valence-corrected chi connectivity index (χ1v) is 9.76.